The van der Waals surface area contributed by atoms with Gasteiger partial charge in [0.05, 0.1) is 16.9 Å². The topological polar surface area (TPSA) is 72.9 Å². The summed E-state index contributed by atoms with van der Waals surface area (Å²) < 4.78 is 13.1. The molecule has 0 aliphatic carbocycles. The van der Waals surface area contributed by atoms with Crippen molar-refractivity contribution in [2.24, 2.45) is 0 Å². The van der Waals surface area contributed by atoms with Crippen LogP contribution in [0.4, 0.5) is 21.5 Å². The molecule has 0 unspecified atom stereocenters. The first-order chi connectivity index (χ1) is 14.0. The fourth-order valence-electron chi connectivity index (χ4n) is 3.45. The number of carboxylic acid groups (broad SMARTS) is 1. The third kappa shape index (κ3) is 5.25. The van der Waals surface area contributed by atoms with Crippen LogP contribution in [0, 0.1) is 5.82 Å². The Morgan fingerprint density at radius 3 is 2.31 bits per heavy atom. The number of piperazine rings is 1. The third-order valence-electron chi connectivity index (χ3n) is 5.09. The van der Waals surface area contributed by atoms with Crippen molar-refractivity contribution in [1.82, 2.24) is 0 Å². The van der Waals surface area contributed by atoms with Crippen LogP contribution in [0.15, 0.2) is 42.5 Å². The number of amides is 1. The first-order valence-corrected chi connectivity index (χ1v) is 9.90. The molecule has 6 nitrogen and oxygen atoms in total. The van der Waals surface area contributed by atoms with E-state index in [1.165, 1.54) is 18.2 Å². The van der Waals surface area contributed by atoms with E-state index >= 15 is 0 Å². The van der Waals surface area contributed by atoms with Crippen LogP contribution in [-0.2, 0) is 4.79 Å². The van der Waals surface area contributed by atoms with Gasteiger partial charge in [0, 0.05) is 38.3 Å². The number of hydrogen-bond acceptors (Lipinski definition) is 4. The van der Waals surface area contributed by atoms with E-state index in [9.17, 15) is 19.1 Å². The molecule has 3 rings (SSSR count). The fraction of sp³-hybridized carbons (Fsp3) is 0.364. The van der Waals surface area contributed by atoms with Gasteiger partial charge in [-0.1, -0.05) is 13.3 Å². The quantitative estimate of drug-likeness (QED) is 0.737. The number of carbonyl (C=O) groups is 2. The Balaban J connectivity index is 1.74. The van der Waals surface area contributed by atoms with E-state index in [2.05, 4.69) is 15.1 Å². The van der Waals surface area contributed by atoms with E-state index in [1.54, 1.807) is 24.3 Å². The van der Waals surface area contributed by atoms with Gasteiger partial charge in [-0.15, -0.1) is 0 Å². The number of hydrogen-bond donors (Lipinski definition) is 2. The molecule has 1 saturated heterocycles. The SMILES string of the molecule is CCCCC(=O)Nc1cc(C(=O)O)ccc1N1CCN(c2ccc(F)cc2)CC1. The first-order valence-electron chi connectivity index (χ1n) is 9.90. The highest BCUT2D eigenvalue weighted by Crippen LogP contribution is 2.29. The number of unbranched alkanes of at least 4 members (excludes halogenated alkanes) is 1. The van der Waals surface area contributed by atoms with Gasteiger partial charge in [0.15, 0.2) is 0 Å². The van der Waals surface area contributed by atoms with E-state index in [1.807, 2.05) is 6.92 Å². The Hall–Kier alpha value is -3.09. The van der Waals surface area contributed by atoms with Gasteiger partial charge >= 0.3 is 5.97 Å². The van der Waals surface area contributed by atoms with Crippen molar-refractivity contribution in [3.8, 4) is 0 Å². The molecule has 0 aromatic heterocycles. The Morgan fingerprint density at radius 1 is 1.03 bits per heavy atom. The van der Waals surface area contributed by atoms with Crippen LogP contribution in [0.5, 0.6) is 0 Å². The highest BCUT2D eigenvalue weighted by atomic mass is 19.1. The summed E-state index contributed by atoms with van der Waals surface area (Å²) in [7, 11) is 0. The minimum Gasteiger partial charge on any atom is -0.478 e. The van der Waals surface area contributed by atoms with Crippen LogP contribution < -0.4 is 15.1 Å². The van der Waals surface area contributed by atoms with E-state index in [0.717, 1.165) is 37.3 Å². The molecule has 1 aliphatic rings. The van der Waals surface area contributed by atoms with E-state index in [0.29, 0.717) is 25.2 Å². The van der Waals surface area contributed by atoms with Gasteiger partial charge < -0.3 is 20.2 Å². The molecule has 7 heteroatoms. The Kier molecular flexibility index (Phi) is 6.69. The van der Waals surface area contributed by atoms with Gasteiger partial charge in [-0.2, -0.15) is 0 Å². The second kappa shape index (κ2) is 9.41. The monoisotopic (exact) mass is 399 g/mol. The van der Waals surface area contributed by atoms with E-state index < -0.39 is 5.97 Å². The number of nitrogens with zero attached hydrogens (tertiary/aromatic N) is 2. The number of benzene rings is 2. The summed E-state index contributed by atoms with van der Waals surface area (Å²) in [5.41, 5.74) is 2.46. The van der Waals surface area contributed by atoms with Gasteiger partial charge in [-0.05, 0) is 48.9 Å². The standard InChI is InChI=1S/C22H26FN3O3/c1-2-3-4-21(27)24-19-15-16(22(28)29)5-10-20(19)26-13-11-25(12-14-26)18-8-6-17(23)7-9-18/h5-10,15H,2-4,11-14H2,1H3,(H,24,27)(H,28,29). The zero-order chi connectivity index (χ0) is 20.8. The summed E-state index contributed by atoms with van der Waals surface area (Å²) in [5, 5.41) is 12.2. The number of nitrogens with one attached hydrogen (secondary N) is 1. The number of carboxylic acids is 1. The molecule has 0 atom stereocenters. The molecule has 2 aromatic carbocycles. The van der Waals surface area contributed by atoms with Gasteiger partial charge in [0.1, 0.15) is 5.82 Å². The lowest BCUT2D eigenvalue weighted by Gasteiger charge is -2.38. The summed E-state index contributed by atoms with van der Waals surface area (Å²) in [6, 6.07) is 11.3. The predicted molar refractivity (Wildman–Crippen MR) is 112 cm³/mol. The zero-order valence-electron chi connectivity index (χ0n) is 16.5. The number of carbonyl (C=O) groups excluding carboxylic acids is 1. The Morgan fingerprint density at radius 2 is 1.69 bits per heavy atom. The largest absolute Gasteiger partial charge is 0.478 e. The molecule has 1 aliphatic heterocycles. The molecule has 1 heterocycles. The van der Waals surface area contributed by atoms with Crippen molar-refractivity contribution in [3.05, 3.63) is 53.8 Å². The van der Waals surface area contributed by atoms with Crippen LogP contribution in [0.3, 0.4) is 0 Å². The van der Waals surface area contributed by atoms with Gasteiger partial charge in [0.25, 0.3) is 0 Å². The molecular formula is C22H26FN3O3. The van der Waals surface area contributed by atoms with Crippen LogP contribution in [0.25, 0.3) is 0 Å². The van der Waals surface area contributed by atoms with Crippen molar-refractivity contribution in [2.75, 3.05) is 41.3 Å². The van der Waals surface area contributed by atoms with Crippen LogP contribution >= 0.6 is 0 Å². The summed E-state index contributed by atoms with van der Waals surface area (Å²) >= 11 is 0. The highest BCUT2D eigenvalue weighted by Gasteiger charge is 2.21. The maximum absolute atomic E-state index is 13.1. The second-order valence-corrected chi connectivity index (χ2v) is 7.14. The molecule has 2 N–H and O–H groups in total. The van der Waals surface area contributed by atoms with Gasteiger partial charge in [-0.3, -0.25) is 4.79 Å². The average Bonchev–Trinajstić information content (AvgIpc) is 2.73. The normalized spacial score (nSPS) is 14.0. The molecule has 0 spiro atoms. The summed E-state index contributed by atoms with van der Waals surface area (Å²) in [5.74, 6) is -1.39. The predicted octanol–water partition coefficient (Wildman–Crippen LogP) is 3.98. The molecule has 29 heavy (non-hydrogen) atoms. The zero-order valence-corrected chi connectivity index (χ0v) is 16.5. The fourth-order valence-corrected chi connectivity index (χ4v) is 3.45. The van der Waals surface area contributed by atoms with Crippen LogP contribution in [0.2, 0.25) is 0 Å². The number of aromatic carboxylic acids is 1. The third-order valence-corrected chi connectivity index (χ3v) is 5.09. The Bertz CT molecular complexity index is 862. The first kappa shape index (κ1) is 20.6. The molecule has 2 aromatic rings. The molecule has 1 amide bonds. The lowest BCUT2D eigenvalue weighted by Crippen LogP contribution is -2.46. The summed E-state index contributed by atoms with van der Waals surface area (Å²) in [6.07, 6.45) is 2.11. The maximum Gasteiger partial charge on any atom is 0.335 e. The molecule has 0 radical (unpaired) electrons. The number of anilines is 3. The van der Waals surface area contributed by atoms with Crippen molar-refractivity contribution < 1.29 is 19.1 Å². The van der Waals surface area contributed by atoms with Crippen LogP contribution in [0.1, 0.15) is 36.5 Å². The maximum atomic E-state index is 13.1. The second-order valence-electron chi connectivity index (χ2n) is 7.14. The summed E-state index contributed by atoms with van der Waals surface area (Å²) in [4.78, 5) is 27.9. The minimum absolute atomic E-state index is 0.111. The lowest BCUT2D eigenvalue weighted by atomic mass is 10.1. The highest BCUT2D eigenvalue weighted by molar-refractivity contribution is 5.97. The summed E-state index contributed by atoms with van der Waals surface area (Å²) in [6.45, 7) is 4.93. The molecule has 0 saturated carbocycles. The van der Waals surface area contributed by atoms with Crippen molar-refractivity contribution in [1.29, 1.82) is 0 Å². The smallest absolute Gasteiger partial charge is 0.335 e. The molecular weight excluding hydrogens is 373 g/mol. The van der Waals surface area contributed by atoms with Crippen molar-refractivity contribution in [3.63, 3.8) is 0 Å². The molecule has 1 fully saturated rings. The molecule has 154 valence electrons. The van der Waals surface area contributed by atoms with Crippen molar-refractivity contribution >= 4 is 28.9 Å². The molecule has 0 bridgehead atoms. The van der Waals surface area contributed by atoms with E-state index in [4.69, 9.17) is 0 Å². The number of halogens is 1. The van der Waals surface area contributed by atoms with Gasteiger partial charge in [0.2, 0.25) is 5.91 Å². The van der Waals surface area contributed by atoms with E-state index in [-0.39, 0.29) is 17.3 Å². The van der Waals surface area contributed by atoms with Crippen LogP contribution in [-0.4, -0.2) is 43.2 Å². The number of rotatable bonds is 7. The minimum atomic E-state index is -1.03. The average molecular weight is 399 g/mol. The Labute approximate surface area is 169 Å². The lowest BCUT2D eigenvalue weighted by molar-refractivity contribution is -0.116. The van der Waals surface area contributed by atoms with Crippen molar-refractivity contribution in [2.45, 2.75) is 26.2 Å². The van der Waals surface area contributed by atoms with Gasteiger partial charge in [-0.25, -0.2) is 9.18 Å².